The summed E-state index contributed by atoms with van der Waals surface area (Å²) in [7, 11) is 1.58. The van der Waals surface area contributed by atoms with Crippen molar-refractivity contribution < 1.29 is 9.50 Å². The molecule has 160 valence electrons. The molecule has 0 bridgehead atoms. The number of pyridine rings is 2. The summed E-state index contributed by atoms with van der Waals surface area (Å²) in [4.78, 5) is 15.6. The molecule has 1 saturated heterocycles. The number of aliphatic imine (C=N–C) groups is 1. The van der Waals surface area contributed by atoms with Crippen molar-refractivity contribution in [2.24, 2.45) is 4.99 Å². The van der Waals surface area contributed by atoms with Crippen molar-refractivity contribution in [1.29, 1.82) is 0 Å². The van der Waals surface area contributed by atoms with Crippen molar-refractivity contribution in [2.75, 3.05) is 30.8 Å². The molecule has 1 aliphatic heterocycles. The zero-order valence-electron chi connectivity index (χ0n) is 17.3. The highest BCUT2D eigenvalue weighted by atomic mass is 19.1. The molecular weight excluding hydrogens is 395 g/mol. The predicted molar refractivity (Wildman–Crippen MR) is 121 cm³/mol. The van der Waals surface area contributed by atoms with Crippen LogP contribution in [0.25, 0.3) is 22.3 Å². The molecule has 2 aliphatic rings. The van der Waals surface area contributed by atoms with Gasteiger partial charge in [0, 0.05) is 49.6 Å². The highest BCUT2D eigenvalue weighted by Crippen LogP contribution is 2.36. The lowest BCUT2D eigenvalue weighted by Gasteiger charge is -2.18. The van der Waals surface area contributed by atoms with Crippen LogP contribution in [0.5, 0.6) is 5.75 Å². The summed E-state index contributed by atoms with van der Waals surface area (Å²) in [6.07, 6.45) is 5.16. The maximum atomic E-state index is 14.4. The molecule has 2 fully saturated rings. The van der Waals surface area contributed by atoms with Crippen molar-refractivity contribution >= 4 is 28.8 Å². The third-order valence-corrected chi connectivity index (χ3v) is 5.94. The fourth-order valence-electron chi connectivity index (χ4n) is 4.13. The Balaban J connectivity index is 1.44. The number of rotatable bonds is 5. The first-order valence-corrected chi connectivity index (χ1v) is 10.6. The first kappa shape index (κ1) is 19.7. The van der Waals surface area contributed by atoms with E-state index in [0.717, 1.165) is 30.8 Å². The van der Waals surface area contributed by atoms with Gasteiger partial charge in [0.25, 0.3) is 0 Å². The Morgan fingerprint density at radius 1 is 1.16 bits per heavy atom. The van der Waals surface area contributed by atoms with Gasteiger partial charge in [-0.25, -0.2) is 14.4 Å². The third kappa shape index (κ3) is 3.79. The topological polar surface area (TPSA) is 99.7 Å². The van der Waals surface area contributed by atoms with E-state index in [4.69, 9.17) is 10.7 Å². The molecule has 31 heavy (non-hydrogen) atoms. The molecule has 3 aromatic rings. The first-order chi connectivity index (χ1) is 15.0. The average molecular weight is 420 g/mol. The molecular formula is C23H25FN6O. The molecule has 1 unspecified atom stereocenters. The van der Waals surface area contributed by atoms with Crippen LogP contribution in [0.15, 0.2) is 35.3 Å². The lowest BCUT2D eigenvalue weighted by atomic mass is 10.0. The van der Waals surface area contributed by atoms with E-state index < -0.39 is 11.6 Å². The molecule has 4 N–H and O–H groups in total. The second kappa shape index (κ2) is 7.77. The molecule has 2 aromatic heterocycles. The summed E-state index contributed by atoms with van der Waals surface area (Å²) >= 11 is 0. The fourth-order valence-corrected chi connectivity index (χ4v) is 4.13. The molecule has 0 amide bonds. The van der Waals surface area contributed by atoms with Crippen LogP contribution < -0.4 is 16.0 Å². The summed E-state index contributed by atoms with van der Waals surface area (Å²) in [6.45, 7) is 1.94. The molecule has 0 radical (unpaired) electrons. The quantitative estimate of drug-likeness (QED) is 0.433. The normalized spacial score (nSPS) is 19.0. The second-order valence-electron chi connectivity index (χ2n) is 8.25. The molecule has 1 aromatic carbocycles. The number of aromatic nitrogens is 2. The largest absolute Gasteiger partial charge is 0.504 e. The van der Waals surface area contributed by atoms with E-state index >= 15 is 0 Å². The number of anilines is 2. The number of hydrogen-bond donors (Lipinski definition) is 3. The summed E-state index contributed by atoms with van der Waals surface area (Å²) < 4.78 is 14.4. The Hall–Kier alpha value is -3.26. The molecule has 1 saturated carbocycles. The second-order valence-corrected chi connectivity index (χ2v) is 8.25. The Morgan fingerprint density at radius 2 is 1.94 bits per heavy atom. The maximum absolute atomic E-state index is 14.4. The van der Waals surface area contributed by atoms with Crippen LogP contribution in [-0.4, -0.2) is 53.5 Å². The van der Waals surface area contributed by atoms with Crippen molar-refractivity contribution in [1.82, 2.24) is 15.3 Å². The SMILES string of the molecule is CN=Cc1cc(-c2ccc3nc(N4CCC(NC5CC5)C4)ccc3n2)c(O)c(F)c1N. The lowest BCUT2D eigenvalue weighted by Crippen LogP contribution is -2.34. The summed E-state index contributed by atoms with van der Waals surface area (Å²) in [5, 5.41) is 14.0. The van der Waals surface area contributed by atoms with Gasteiger partial charge in [-0.2, -0.15) is 0 Å². The Bertz CT molecular complexity index is 1180. The Morgan fingerprint density at radius 3 is 2.71 bits per heavy atom. The minimum Gasteiger partial charge on any atom is -0.504 e. The van der Waals surface area contributed by atoms with E-state index in [1.165, 1.54) is 19.1 Å². The first-order valence-electron chi connectivity index (χ1n) is 10.6. The van der Waals surface area contributed by atoms with Gasteiger partial charge < -0.3 is 21.1 Å². The number of nitrogens with two attached hydrogens (primary N) is 1. The van der Waals surface area contributed by atoms with Gasteiger partial charge >= 0.3 is 0 Å². The monoisotopic (exact) mass is 420 g/mol. The molecule has 5 rings (SSSR count). The molecule has 3 heterocycles. The number of nitrogen functional groups attached to an aromatic ring is 1. The number of fused-ring (bicyclic) bond motifs is 1. The number of hydrogen-bond acceptors (Lipinski definition) is 7. The zero-order valence-corrected chi connectivity index (χ0v) is 17.3. The highest BCUT2D eigenvalue weighted by Gasteiger charge is 2.29. The van der Waals surface area contributed by atoms with Crippen molar-refractivity contribution in [3.63, 3.8) is 0 Å². The van der Waals surface area contributed by atoms with Crippen LogP contribution in [0, 0.1) is 5.82 Å². The van der Waals surface area contributed by atoms with Gasteiger partial charge in [0.1, 0.15) is 5.82 Å². The number of phenolic OH excluding ortho intramolecular Hbond substituents is 1. The van der Waals surface area contributed by atoms with Gasteiger partial charge in [-0.05, 0) is 49.6 Å². The van der Waals surface area contributed by atoms with E-state index in [2.05, 4.69) is 20.2 Å². The smallest absolute Gasteiger partial charge is 0.189 e. The molecule has 1 aliphatic carbocycles. The van der Waals surface area contributed by atoms with Gasteiger partial charge in [0.05, 0.1) is 22.4 Å². The predicted octanol–water partition coefficient (Wildman–Crippen LogP) is 3.10. The van der Waals surface area contributed by atoms with E-state index in [1.54, 1.807) is 19.2 Å². The van der Waals surface area contributed by atoms with Gasteiger partial charge in [-0.1, -0.05) is 0 Å². The molecule has 7 nitrogen and oxygen atoms in total. The van der Waals surface area contributed by atoms with Gasteiger partial charge in [0.2, 0.25) is 0 Å². The maximum Gasteiger partial charge on any atom is 0.189 e. The van der Waals surface area contributed by atoms with Gasteiger partial charge in [-0.3, -0.25) is 4.99 Å². The van der Waals surface area contributed by atoms with E-state index in [9.17, 15) is 9.50 Å². The molecule has 8 heteroatoms. The Kier molecular flexibility index (Phi) is 4.94. The van der Waals surface area contributed by atoms with Crippen LogP contribution in [0.4, 0.5) is 15.9 Å². The standard InChI is InChI=1S/C23H25FN6O/c1-26-11-13-10-16(23(31)21(24)22(13)25)17-4-5-19-18(28-17)6-7-20(29-19)30-9-8-15(12-30)27-14-2-3-14/h4-7,10-11,14-15,27,31H,2-3,8-9,12,25H2,1H3. The molecule has 1 atom stereocenters. The van der Waals surface area contributed by atoms with E-state index in [-0.39, 0.29) is 11.3 Å². The zero-order chi connectivity index (χ0) is 21.5. The number of nitrogens with zero attached hydrogens (tertiary/aromatic N) is 4. The number of nitrogens with one attached hydrogen (secondary N) is 1. The average Bonchev–Trinajstić information content (AvgIpc) is 3.47. The van der Waals surface area contributed by atoms with Crippen LogP contribution >= 0.6 is 0 Å². The third-order valence-electron chi connectivity index (χ3n) is 5.94. The summed E-state index contributed by atoms with van der Waals surface area (Å²) in [6, 6.07) is 10.3. The highest BCUT2D eigenvalue weighted by molar-refractivity contribution is 5.91. The van der Waals surface area contributed by atoms with Crippen LogP contribution in [0.3, 0.4) is 0 Å². The van der Waals surface area contributed by atoms with Crippen molar-refractivity contribution in [2.45, 2.75) is 31.3 Å². The number of halogens is 1. The number of aromatic hydroxyl groups is 1. The fraction of sp³-hybridized carbons (Fsp3) is 0.348. The van der Waals surface area contributed by atoms with Crippen molar-refractivity contribution in [3.8, 4) is 17.0 Å². The number of phenols is 1. The van der Waals surface area contributed by atoms with Crippen LogP contribution in [0.1, 0.15) is 24.8 Å². The summed E-state index contributed by atoms with van der Waals surface area (Å²) in [5.74, 6) is -0.454. The van der Waals surface area contributed by atoms with Gasteiger partial charge in [-0.15, -0.1) is 0 Å². The van der Waals surface area contributed by atoms with Crippen LogP contribution in [0.2, 0.25) is 0 Å². The van der Waals surface area contributed by atoms with Crippen molar-refractivity contribution in [3.05, 3.63) is 41.7 Å². The Labute approximate surface area is 179 Å². The summed E-state index contributed by atoms with van der Waals surface area (Å²) in [5.41, 5.74) is 8.15. The van der Waals surface area contributed by atoms with E-state index in [1.807, 2.05) is 18.2 Å². The van der Waals surface area contributed by atoms with Crippen LogP contribution in [-0.2, 0) is 0 Å². The minimum absolute atomic E-state index is 0.140. The van der Waals surface area contributed by atoms with E-state index in [0.29, 0.717) is 28.9 Å². The number of benzene rings is 1. The lowest BCUT2D eigenvalue weighted by molar-refractivity contribution is 0.436. The minimum atomic E-state index is -0.869. The van der Waals surface area contributed by atoms with Gasteiger partial charge in [0.15, 0.2) is 11.6 Å². The molecule has 0 spiro atoms.